The van der Waals surface area contributed by atoms with Crippen LogP contribution in [0.4, 0.5) is 18.9 Å². The molecule has 0 spiro atoms. The molecular formula is C21H20F3N5O3. The van der Waals surface area contributed by atoms with E-state index in [2.05, 4.69) is 32.6 Å². The highest BCUT2D eigenvalue weighted by atomic mass is 19.4. The summed E-state index contributed by atoms with van der Waals surface area (Å²) in [6.07, 6.45) is -2.49. The molecular weight excluding hydrogens is 427 g/mol. The van der Waals surface area contributed by atoms with Gasteiger partial charge in [-0.05, 0) is 35.9 Å². The van der Waals surface area contributed by atoms with Gasteiger partial charge in [-0.25, -0.2) is 4.79 Å². The minimum Gasteiger partial charge on any atom is -0.475 e. The van der Waals surface area contributed by atoms with Crippen LogP contribution in [0.25, 0.3) is 22.3 Å². The fraction of sp³-hybridized carbons (Fsp3) is 0.190. The highest BCUT2D eigenvalue weighted by molar-refractivity contribution is 5.83. The summed E-state index contributed by atoms with van der Waals surface area (Å²) in [6.45, 7) is 1.35. The first kappa shape index (κ1) is 22.8. The van der Waals surface area contributed by atoms with Gasteiger partial charge < -0.3 is 25.7 Å². The predicted octanol–water partition coefficient (Wildman–Crippen LogP) is 3.81. The number of aromatic nitrogens is 3. The predicted molar refractivity (Wildman–Crippen MR) is 112 cm³/mol. The van der Waals surface area contributed by atoms with Gasteiger partial charge >= 0.3 is 12.1 Å². The number of halogens is 3. The Labute approximate surface area is 180 Å². The maximum absolute atomic E-state index is 10.6. The molecule has 8 nitrogen and oxygen atoms in total. The molecule has 0 bridgehead atoms. The quantitative estimate of drug-likeness (QED) is 0.354. The molecule has 11 heteroatoms. The van der Waals surface area contributed by atoms with E-state index in [0.29, 0.717) is 24.7 Å². The summed E-state index contributed by atoms with van der Waals surface area (Å²) < 4.78 is 37.2. The summed E-state index contributed by atoms with van der Waals surface area (Å²) in [4.78, 5) is 16.7. The van der Waals surface area contributed by atoms with Crippen molar-refractivity contribution in [2.45, 2.75) is 12.6 Å². The van der Waals surface area contributed by atoms with Crippen molar-refractivity contribution < 1.29 is 27.6 Å². The molecule has 4 rings (SSSR count). The molecule has 168 valence electrons. The van der Waals surface area contributed by atoms with E-state index in [1.54, 1.807) is 0 Å². The lowest BCUT2D eigenvalue weighted by molar-refractivity contribution is -0.192. The average molecular weight is 447 g/mol. The van der Waals surface area contributed by atoms with E-state index in [1.807, 2.05) is 42.6 Å². The number of hydrogen-bond donors (Lipinski definition) is 4. The van der Waals surface area contributed by atoms with E-state index in [4.69, 9.17) is 20.2 Å². The number of anilines is 1. The molecule has 0 aliphatic carbocycles. The molecule has 2 aromatic carbocycles. The fourth-order valence-corrected chi connectivity index (χ4v) is 2.84. The Morgan fingerprint density at radius 1 is 1.16 bits per heavy atom. The Balaban J connectivity index is 0.000000360. The molecule has 0 unspecified atom stereocenters. The Kier molecular flexibility index (Phi) is 7.11. The number of para-hydroxylation sites is 1. The first-order chi connectivity index (χ1) is 15.3. The molecule has 4 aromatic rings. The summed E-state index contributed by atoms with van der Waals surface area (Å²) in [7, 11) is 0. The highest BCUT2D eigenvalue weighted by Gasteiger charge is 2.38. The number of aliphatic carboxylic acids is 1. The fourth-order valence-electron chi connectivity index (χ4n) is 2.84. The Morgan fingerprint density at radius 3 is 2.50 bits per heavy atom. The molecule has 0 fully saturated rings. The van der Waals surface area contributed by atoms with Gasteiger partial charge in [0.2, 0.25) is 11.7 Å². The van der Waals surface area contributed by atoms with Gasteiger partial charge in [-0.1, -0.05) is 23.4 Å². The average Bonchev–Trinajstić information content (AvgIpc) is 3.40. The minimum atomic E-state index is -5.08. The Hall–Kier alpha value is -3.86. The van der Waals surface area contributed by atoms with Crippen LogP contribution in [0, 0.1) is 0 Å². The molecule has 0 atom stereocenters. The van der Waals surface area contributed by atoms with Gasteiger partial charge in [0.15, 0.2) is 0 Å². The molecule has 5 N–H and O–H groups in total. The van der Waals surface area contributed by atoms with Crippen molar-refractivity contribution in [2.24, 2.45) is 5.73 Å². The van der Waals surface area contributed by atoms with Crippen LogP contribution in [-0.2, 0) is 11.2 Å². The third-order valence-electron chi connectivity index (χ3n) is 4.34. The number of nitrogens with two attached hydrogens (primary N) is 1. The van der Waals surface area contributed by atoms with Crippen LogP contribution < -0.4 is 11.1 Å². The normalized spacial score (nSPS) is 11.1. The summed E-state index contributed by atoms with van der Waals surface area (Å²) in [5.41, 5.74) is 9.70. The first-order valence-electron chi connectivity index (χ1n) is 9.50. The number of nitrogens with one attached hydrogen (secondary N) is 2. The summed E-state index contributed by atoms with van der Waals surface area (Å²) in [5, 5.41) is 15.6. The minimum absolute atomic E-state index is 0.597. The van der Waals surface area contributed by atoms with Gasteiger partial charge in [0.1, 0.15) is 0 Å². The van der Waals surface area contributed by atoms with Crippen LogP contribution in [0.2, 0.25) is 0 Å². The molecule has 0 aliphatic rings. The number of hydrogen-bond acceptors (Lipinski definition) is 6. The van der Waals surface area contributed by atoms with Crippen molar-refractivity contribution in [1.29, 1.82) is 0 Å². The van der Waals surface area contributed by atoms with Crippen LogP contribution in [0.15, 0.2) is 59.3 Å². The van der Waals surface area contributed by atoms with Gasteiger partial charge in [-0.2, -0.15) is 18.2 Å². The van der Waals surface area contributed by atoms with Crippen LogP contribution in [0.1, 0.15) is 11.5 Å². The van der Waals surface area contributed by atoms with Gasteiger partial charge in [0.25, 0.3) is 0 Å². The third-order valence-corrected chi connectivity index (χ3v) is 4.34. The van der Waals surface area contributed by atoms with Crippen molar-refractivity contribution in [2.75, 3.05) is 18.4 Å². The Morgan fingerprint density at radius 2 is 1.84 bits per heavy atom. The lowest BCUT2D eigenvalue weighted by Gasteiger charge is -2.04. The summed E-state index contributed by atoms with van der Waals surface area (Å²) in [6, 6.07) is 16.1. The van der Waals surface area contributed by atoms with Crippen molar-refractivity contribution in [3.05, 3.63) is 66.2 Å². The number of aromatic amines is 1. The van der Waals surface area contributed by atoms with Crippen LogP contribution in [-0.4, -0.2) is 45.5 Å². The largest absolute Gasteiger partial charge is 0.490 e. The smallest absolute Gasteiger partial charge is 0.475 e. The van der Waals surface area contributed by atoms with E-state index < -0.39 is 12.1 Å². The SMILES string of the molecule is NCCNc1ccc(-c2noc(Cc3c[nH]c4ccccc34)n2)cc1.O=C(O)C(F)(F)F. The van der Waals surface area contributed by atoms with E-state index in [9.17, 15) is 13.2 Å². The van der Waals surface area contributed by atoms with E-state index >= 15 is 0 Å². The number of fused-ring (bicyclic) bond motifs is 1. The van der Waals surface area contributed by atoms with Crippen molar-refractivity contribution in [1.82, 2.24) is 15.1 Å². The van der Waals surface area contributed by atoms with Gasteiger partial charge in [-0.15, -0.1) is 0 Å². The van der Waals surface area contributed by atoms with Crippen LogP contribution in [0.5, 0.6) is 0 Å². The van der Waals surface area contributed by atoms with Gasteiger partial charge in [0.05, 0.1) is 6.42 Å². The van der Waals surface area contributed by atoms with Crippen molar-refractivity contribution >= 4 is 22.6 Å². The highest BCUT2D eigenvalue weighted by Crippen LogP contribution is 2.23. The molecule has 2 aromatic heterocycles. The molecule has 0 radical (unpaired) electrons. The zero-order valence-corrected chi connectivity index (χ0v) is 16.7. The maximum atomic E-state index is 10.6. The number of carboxylic acids is 1. The molecule has 0 amide bonds. The first-order valence-corrected chi connectivity index (χ1v) is 9.50. The van der Waals surface area contributed by atoms with Crippen LogP contribution in [0.3, 0.4) is 0 Å². The Bertz CT molecular complexity index is 1170. The topological polar surface area (TPSA) is 130 Å². The number of H-pyrrole nitrogens is 1. The number of alkyl halides is 3. The maximum Gasteiger partial charge on any atom is 0.490 e. The number of rotatable bonds is 6. The van der Waals surface area contributed by atoms with E-state index in [-0.39, 0.29) is 0 Å². The zero-order valence-electron chi connectivity index (χ0n) is 16.7. The van der Waals surface area contributed by atoms with E-state index in [1.165, 1.54) is 5.39 Å². The summed E-state index contributed by atoms with van der Waals surface area (Å²) in [5.74, 6) is -1.56. The molecule has 2 heterocycles. The second kappa shape index (κ2) is 9.96. The monoisotopic (exact) mass is 447 g/mol. The second-order valence-corrected chi connectivity index (χ2v) is 6.64. The molecule has 0 saturated carbocycles. The molecule has 0 aliphatic heterocycles. The van der Waals surface area contributed by atoms with Gasteiger partial charge in [0, 0.05) is 41.4 Å². The molecule has 32 heavy (non-hydrogen) atoms. The van der Waals surface area contributed by atoms with E-state index in [0.717, 1.165) is 28.9 Å². The standard InChI is InChI=1S/C19H19N5O.C2HF3O2/c20-9-10-21-15-7-5-13(6-8-15)19-23-18(25-24-19)11-14-12-22-17-4-2-1-3-16(14)17;3-2(4,5)1(6)7/h1-8,12,21-22H,9-11,20H2;(H,6,7). The lowest BCUT2D eigenvalue weighted by atomic mass is 10.1. The second-order valence-electron chi connectivity index (χ2n) is 6.64. The third kappa shape index (κ3) is 5.85. The lowest BCUT2D eigenvalue weighted by Crippen LogP contribution is -2.21. The van der Waals surface area contributed by atoms with Gasteiger partial charge in [-0.3, -0.25) is 0 Å². The number of benzene rings is 2. The zero-order chi connectivity index (χ0) is 23.1. The van der Waals surface area contributed by atoms with Crippen LogP contribution >= 0.6 is 0 Å². The number of nitrogens with zero attached hydrogens (tertiary/aromatic N) is 2. The molecule has 0 saturated heterocycles. The van der Waals surface area contributed by atoms with Crippen molar-refractivity contribution in [3.63, 3.8) is 0 Å². The summed E-state index contributed by atoms with van der Waals surface area (Å²) >= 11 is 0. The number of carboxylic acid groups (broad SMARTS) is 1. The number of carbonyl (C=O) groups is 1. The van der Waals surface area contributed by atoms with Crippen molar-refractivity contribution in [3.8, 4) is 11.4 Å².